The maximum Gasteiger partial charge on any atom is 0.236 e. The average molecular weight is 262 g/mol. The lowest BCUT2D eigenvalue weighted by molar-refractivity contribution is -0.122. The molecule has 0 bridgehead atoms. The van der Waals surface area contributed by atoms with Gasteiger partial charge in [-0.2, -0.15) is 0 Å². The van der Waals surface area contributed by atoms with Crippen LogP contribution in [0.25, 0.3) is 0 Å². The van der Waals surface area contributed by atoms with Crippen molar-refractivity contribution in [3.8, 4) is 0 Å². The van der Waals surface area contributed by atoms with Gasteiger partial charge in [0.25, 0.3) is 0 Å². The van der Waals surface area contributed by atoms with E-state index in [1.54, 1.807) is 0 Å². The van der Waals surface area contributed by atoms with Gasteiger partial charge in [0.15, 0.2) is 0 Å². The van der Waals surface area contributed by atoms with Crippen LogP contribution >= 0.6 is 0 Å². The van der Waals surface area contributed by atoms with Gasteiger partial charge in [-0.05, 0) is 30.2 Å². The molecule has 0 aromatic heterocycles. The minimum absolute atomic E-state index is 0.0334. The third-order valence-electron chi connectivity index (χ3n) is 3.31. The van der Waals surface area contributed by atoms with Gasteiger partial charge in [0, 0.05) is 6.54 Å². The molecular formula is C16H26N2O. The molecule has 19 heavy (non-hydrogen) atoms. The molecule has 2 atom stereocenters. The van der Waals surface area contributed by atoms with E-state index < -0.39 is 0 Å². The van der Waals surface area contributed by atoms with Gasteiger partial charge in [-0.3, -0.25) is 4.79 Å². The number of carbonyl (C=O) groups excluding carboxylic acids is 1. The summed E-state index contributed by atoms with van der Waals surface area (Å²) in [6, 6.07) is 9.97. The zero-order valence-corrected chi connectivity index (χ0v) is 12.2. The molecule has 0 aliphatic rings. The van der Waals surface area contributed by atoms with Crippen molar-refractivity contribution in [1.82, 2.24) is 5.32 Å². The summed E-state index contributed by atoms with van der Waals surface area (Å²) in [5.41, 5.74) is 7.14. The number of amides is 1. The Hall–Kier alpha value is -1.35. The Morgan fingerprint density at radius 2 is 1.84 bits per heavy atom. The van der Waals surface area contributed by atoms with E-state index in [4.69, 9.17) is 5.73 Å². The lowest BCUT2D eigenvalue weighted by Crippen LogP contribution is -2.41. The third-order valence-corrected chi connectivity index (χ3v) is 3.31. The lowest BCUT2D eigenvalue weighted by atomic mass is 9.98. The molecule has 3 heteroatoms. The number of hydrogen-bond acceptors (Lipinski definition) is 2. The third kappa shape index (κ3) is 5.88. The number of nitrogens with two attached hydrogens (primary N) is 1. The molecule has 106 valence electrons. The van der Waals surface area contributed by atoms with Crippen molar-refractivity contribution in [2.24, 2.45) is 11.7 Å². The van der Waals surface area contributed by atoms with Gasteiger partial charge in [0.05, 0.1) is 6.04 Å². The van der Waals surface area contributed by atoms with Gasteiger partial charge >= 0.3 is 0 Å². The average Bonchev–Trinajstić information content (AvgIpc) is 2.38. The second-order valence-corrected chi connectivity index (χ2v) is 5.63. The van der Waals surface area contributed by atoms with Gasteiger partial charge in [0.1, 0.15) is 0 Å². The van der Waals surface area contributed by atoms with E-state index in [0.29, 0.717) is 18.4 Å². The molecule has 1 rings (SSSR count). The van der Waals surface area contributed by atoms with Crippen molar-refractivity contribution < 1.29 is 4.79 Å². The van der Waals surface area contributed by atoms with Crippen LogP contribution in [0.4, 0.5) is 0 Å². The van der Waals surface area contributed by atoms with Gasteiger partial charge in [-0.1, -0.05) is 51.1 Å². The highest BCUT2D eigenvalue weighted by molar-refractivity contribution is 5.81. The molecule has 0 fully saturated rings. The molecule has 3 nitrogen and oxygen atoms in total. The number of carbonyl (C=O) groups is 1. The summed E-state index contributed by atoms with van der Waals surface area (Å²) in [6.45, 7) is 7.01. The summed E-state index contributed by atoms with van der Waals surface area (Å²) >= 11 is 0. The van der Waals surface area contributed by atoms with Crippen molar-refractivity contribution in [1.29, 1.82) is 0 Å². The van der Waals surface area contributed by atoms with Crippen LogP contribution in [0.3, 0.4) is 0 Å². The van der Waals surface area contributed by atoms with Crippen LogP contribution in [0.2, 0.25) is 0 Å². The number of hydrogen-bond donors (Lipinski definition) is 2. The number of rotatable bonds is 7. The van der Waals surface area contributed by atoms with Gasteiger partial charge < -0.3 is 11.1 Å². The maximum atomic E-state index is 11.8. The van der Waals surface area contributed by atoms with Crippen LogP contribution in [-0.4, -0.2) is 18.5 Å². The normalized spacial score (nSPS) is 14.2. The van der Waals surface area contributed by atoms with E-state index in [2.05, 4.69) is 38.2 Å². The largest absolute Gasteiger partial charge is 0.355 e. The highest BCUT2D eigenvalue weighted by atomic mass is 16.2. The molecule has 0 aliphatic heterocycles. The molecule has 0 saturated heterocycles. The highest BCUT2D eigenvalue weighted by Gasteiger charge is 2.14. The van der Waals surface area contributed by atoms with Crippen LogP contribution in [0.15, 0.2) is 30.3 Å². The molecule has 1 aromatic carbocycles. The fourth-order valence-corrected chi connectivity index (χ4v) is 2.11. The van der Waals surface area contributed by atoms with E-state index in [9.17, 15) is 4.79 Å². The summed E-state index contributed by atoms with van der Waals surface area (Å²) in [5.74, 6) is 0.862. The molecule has 1 amide bonds. The molecule has 1 unspecified atom stereocenters. The van der Waals surface area contributed by atoms with E-state index in [0.717, 1.165) is 12.8 Å². The minimum Gasteiger partial charge on any atom is -0.355 e. The second kappa shape index (κ2) is 7.95. The van der Waals surface area contributed by atoms with Crippen molar-refractivity contribution in [3.63, 3.8) is 0 Å². The predicted molar refractivity (Wildman–Crippen MR) is 79.9 cm³/mol. The Labute approximate surface area is 116 Å². The summed E-state index contributed by atoms with van der Waals surface area (Å²) in [5, 5.41) is 2.92. The predicted octanol–water partition coefficient (Wildman–Crippen LogP) is 2.67. The highest BCUT2D eigenvalue weighted by Crippen LogP contribution is 2.17. The van der Waals surface area contributed by atoms with Gasteiger partial charge in [0.2, 0.25) is 5.91 Å². The van der Waals surface area contributed by atoms with Crippen molar-refractivity contribution in [3.05, 3.63) is 35.9 Å². The Balaban J connectivity index is 2.28. The van der Waals surface area contributed by atoms with Crippen molar-refractivity contribution >= 4 is 5.91 Å². The summed E-state index contributed by atoms with van der Waals surface area (Å²) in [6.07, 6.45) is 1.67. The maximum absolute atomic E-state index is 11.8. The molecule has 0 heterocycles. The molecule has 3 N–H and O–H groups in total. The van der Waals surface area contributed by atoms with Crippen molar-refractivity contribution in [2.45, 2.75) is 45.6 Å². The summed E-state index contributed by atoms with van der Waals surface area (Å²) < 4.78 is 0. The first kappa shape index (κ1) is 15.7. The van der Waals surface area contributed by atoms with Crippen LogP contribution in [0, 0.1) is 5.92 Å². The zero-order valence-electron chi connectivity index (χ0n) is 12.2. The topological polar surface area (TPSA) is 55.1 Å². The minimum atomic E-state index is -0.382. The molecule has 0 saturated carbocycles. The monoisotopic (exact) mass is 262 g/mol. The SMILES string of the molecule is CC(C)C[C@H](N)C(=O)NCCC(C)c1ccccc1. The fourth-order valence-electron chi connectivity index (χ4n) is 2.11. The smallest absolute Gasteiger partial charge is 0.236 e. The Morgan fingerprint density at radius 3 is 2.42 bits per heavy atom. The van der Waals surface area contributed by atoms with E-state index in [1.807, 2.05) is 18.2 Å². The molecule has 0 spiro atoms. The molecule has 0 aliphatic carbocycles. The van der Waals surface area contributed by atoms with Gasteiger partial charge in [-0.15, -0.1) is 0 Å². The first-order valence-corrected chi connectivity index (χ1v) is 7.09. The van der Waals surface area contributed by atoms with E-state index in [1.165, 1.54) is 5.56 Å². The fraction of sp³-hybridized carbons (Fsp3) is 0.562. The molecule has 1 aromatic rings. The summed E-state index contributed by atoms with van der Waals surface area (Å²) in [7, 11) is 0. The Kier molecular flexibility index (Phi) is 6.57. The Morgan fingerprint density at radius 1 is 1.21 bits per heavy atom. The van der Waals surface area contributed by atoms with E-state index >= 15 is 0 Å². The first-order chi connectivity index (χ1) is 9.00. The van der Waals surface area contributed by atoms with Crippen LogP contribution < -0.4 is 11.1 Å². The van der Waals surface area contributed by atoms with Gasteiger partial charge in [-0.25, -0.2) is 0 Å². The molecular weight excluding hydrogens is 236 g/mol. The number of benzene rings is 1. The quantitative estimate of drug-likeness (QED) is 0.793. The van der Waals surface area contributed by atoms with Crippen LogP contribution in [0.5, 0.6) is 0 Å². The number of nitrogens with one attached hydrogen (secondary N) is 1. The van der Waals surface area contributed by atoms with Crippen LogP contribution in [-0.2, 0) is 4.79 Å². The molecule has 0 radical (unpaired) electrons. The second-order valence-electron chi connectivity index (χ2n) is 5.63. The Bertz CT molecular complexity index is 376. The van der Waals surface area contributed by atoms with Crippen LogP contribution in [0.1, 0.15) is 45.1 Å². The van der Waals surface area contributed by atoms with E-state index in [-0.39, 0.29) is 11.9 Å². The first-order valence-electron chi connectivity index (χ1n) is 7.09. The van der Waals surface area contributed by atoms with Crippen molar-refractivity contribution in [2.75, 3.05) is 6.54 Å². The standard InChI is InChI=1S/C16H26N2O/c1-12(2)11-15(17)16(19)18-10-9-13(3)14-7-5-4-6-8-14/h4-8,12-13,15H,9-11,17H2,1-3H3,(H,18,19)/t13?,15-/m0/s1. The lowest BCUT2D eigenvalue weighted by Gasteiger charge is -2.16. The zero-order chi connectivity index (χ0) is 14.3. The summed E-state index contributed by atoms with van der Waals surface area (Å²) in [4.78, 5) is 11.8.